The lowest BCUT2D eigenvalue weighted by molar-refractivity contribution is -0.559. The van der Waals surface area contributed by atoms with Gasteiger partial charge in [0.15, 0.2) is 98.8 Å². The molecule has 0 saturated carbocycles. The summed E-state index contributed by atoms with van der Waals surface area (Å²) in [6, 6.07) is 25.2. The maximum atomic E-state index is 17.3. The highest BCUT2D eigenvalue weighted by atomic mass is 19.2. The normalized spacial score (nSPS) is 12.0. The van der Waals surface area contributed by atoms with E-state index in [1.54, 1.807) is 0 Å². The number of H-pyrrole nitrogens is 2. The van der Waals surface area contributed by atoms with Crippen LogP contribution in [0.15, 0.2) is 121 Å². The number of halogens is 16. The minimum atomic E-state index is -2.50. The molecule has 0 saturated heterocycles. The zero-order valence-corrected chi connectivity index (χ0v) is 39.4. The monoisotopic (exact) mass is 1100 g/mol. The van der Waals surface area contributed by atoms with E-state index < -0.39 is 204 Å². The zero-order valence-electron chi connectivity index (χ0n) is 39.4. The molecule has 8 bridgehead atoms. The van der Waals surface area contributed by atoms with Crippen molar-refractivity contribution < 1.29 is 74.8 Å². The number of hydrogen-bond acceptors (Lipinski definition) is 2. The summed E-state index contributed by atoms with van der Waals surface area (Å²) >= 11 is 0. The van der Waals surface area contributed by atoms with Gasteiger partial charge in [0.1, 0.15) is 22.2 Å². The molecule has 0 radical (unpaired) electrons. The number of aromatic amines is 2. The molecule has 394 valence electrons. The number of para-hydroxylation sites is 1. The number of hydrogen-bond donors (Lipinski definition) is 2. The van der Waals surface area contributed by atoms with Gasteiger partial charge in [-0.1, -0.05) is 109 Å². The van der Waals surface area contributed by atoms with Gasteiger partial charge in [-0.3, -0.25) is 4.98 Å². The van der Waals surface area contributed by atoms with Crippen molar-refractivity contribution in [1.29, 1.82) is 0 Å². The summed E-state index contributed by atoms with van der Waals surface area (Å²) in [4.78, 5) is 14.3. The average Bonchev–Trinajstić information content (AvgIpc) is 4.41. The number of aromatic nitrogens is 5. The van der Waals surface area contributed by atoms with Crippen molar-refractivity contribution in [2.24, 2.45) is 0 Å². The Balaban J connectivity index is 1.50. The molecule has 0 spiro atoms. The van der Waals surface area contributed by atoms with Gasteiger partial charge in [0, 0.05) is 16.7 Å². The fourth-order valence-electron chi connectivity index (χ4n) is 10.6. The minimum Gasteiger partial charge on any atom is -0.353 e. The van der Waals surface area contributed by atoms with Crippen molar-refractivity contribution in [3.05, 3.63) is 214 Å². The van der Waals surface area contributed by atoms with E-state index in [4.69, 9.17) is 0 Å². The first-order valence-corrected chi connectivity index (χ1v) is 23.5. The van der Waals surface area contributed by atoms with Crippen LogP contribution in [0.4, 0.5) is 70.2 Å². The van der Waals surface area contributed by atoms with Gasteiger partial charge in [-0.15, -0.1) is 4.98 Å². The van der Waals surface area contributed by atoms with Gasteiger partial charge in [0.25, 0.3) is 5.82 Å². The van der Waals surface area contributed by atoms with Crippen LogP contribution in [0.25, 0.3) is 128 Å². The van der Waals surface area contributed by atoms with Gasteiger partial charge in [-0.25, -0.2) is 75.2 Å². The molecule has 0 fully saturated rings. The Hall–Kier alpha value is -9.79. The molecule has 13 rings (SSSR count). The first-order chi connectivity index (χ1) is 38.4. The number of nitrogens with one attached hydrogen (secondary N) is 2. The molecule has 3 aliphatic rings. The van der Waals surface area contributed by atoms with E-state index in [-0.39, 0.29) is 16.7 Å². The minimum absolute atomic E-state index is 0.313. The van der Waals surface area contributed by atoms with Crippen molar-refractivity contribution in [3.63, 3.8) is 0 Å². The van der Waals surface area contributed by atoms with Crippen LogP contribution in [0, 0.1) is 93.1 Å². The Morgan fingerprint density at radius 1 is 0.263 bits per heavy atom. The third-order valence-corrected chi connectivity index (χ3v) is 14.0. The summed E-state index contributed by atoms with van der Waals surface area (Å²) in [5.74, 6) is -38.9. The third-order valence-electron chi connectivity index (χ3n) is 14.0. The van der Waals surface area contributed by atoms with E-state index in [1.165, 1.54) is 109 Å². The lowest BCUT2D eigenvalue weighted by Crippen LogP contribution is -2.35. The molecule has 10 aromatic rings. The van der Waals surface area contributed by atoms with Crippen molar-refractivity contribution in [2.75, 3.05) is 0 Å². The van der Waals surface area contributed by atoms with E-state index in [0.717, 1.165) is 12.1 Å². The SMILES string of the molecule is Fc1c(F)c(F)c2c(c1F)-c1nc-2c(-c2ccccc2)c2[nH]c(c3c(F)c(F)c(F)c(F)c23)[n+](-c2ccccc2)c2nc(c(-c3ccccc3)c3[nH]c(c1-c1ccccc1)c1c(F)c(F)c(F)c(F)c31)-c1c(F)c(F)c(F)c(F)c1-2. The summed E-state index contributed by atoms with van der Waals surface area (Å²) in [6.07, 6.45) is 0. The quantitative estimate of drug-likeness (QED) is 0.0798. The molecule has 21 heteroatoms. The van der Waals surface area contributed by atoms with Gasteiger partial charge in [0.05, 0.1) is 55.3 Å². The fraction of sp³-hybridized carbons (Fsp3) is 0. The lowest BCUT2D eigenvalue weighted by Gasteiger charge is -2.11. The van der Waals surface area contributed by atoms with E-state index in [1.807, 2.05) is 0 Å². The summed E-state index contributed by atoms with van der Waals surface area (Å²) in [6.45, 7) is 0. The van der Waals surface area contributed by atoms with Crippen LogP contribution < -0.4 is 4.57 Å². The largest absolute Gasteiger partial charge is 0.353 e. The van der Waals surface area contributed by atoms with Crippen LogP contribution in [0.1, 0.15) is 0 Å². The van der Waals surface area contributed by atoms with Crippen molar-refractivity contribution >= 4 is 43.7 Å². The number of nitrogens with zero attached hydrogens (tertiary/aromatic N) is 3. The van der Waals surface area contributed by atoms with Crippen LogP contribution in [0.2, 0.25) is 0 Å². The zero-order chi connectivity index (χ0) is 56.1. The average molecular weight is 1100 g/mol. The summed E-state index contributed by atoms with van der Waals surface area (Å²) in [5.41, 5.74) is -16.3. The molecule has 5 heterocycles. The van der Waals surface area contributed by atoms with Gasteiger partial charge in [0.2, 0.25) is 5.65 Å². The topological polar surface area (TPSA) is 61.2 Å². The molecule has 3 aliphatic heterocycles. The van der Waals surface area contributed by atoms with Crippen LogP contribution >= 0.6 is 0 Å². The molecule has 8 aromatic carbocycles. The second-order valence-electron chi connectivity index (χ2n) is 18.2. The molecule has 0 atom stereocenters. The van der Waals surface area contributed by atoms with Crippen molar-refractivity contribution in [2.45, 2.75) is 0 Å². The molecule has 0 unspecified atom stereocenters. The van der Waals surface area contributed by atoms with Gasteiger partial charge < -0.3 is 4.98 Å². The summed E-state index contributed by atoms with van der Waals surface area (Å²) < 4.78 is 267. The van der Waals surface area contributed by atoms with Gasteiger partial charge >= 0.3 is 0 Å². The van der Waals surface area contributed by atoms with Crippen LogP contribution in [-0.2, 0) is 0 Å². The smallest absolute Gasteiger partial charge is 0.279 e. The molecule has 80 heavy (non-hydrogen) atoms. The first-order valence-electron chi connectivity index (χ1n) is 23.5. The van der Waals surface area contributed by atoms with E-state index in [2.05, 4.69) is 19.9 Å². The van der Waals surface area contributed by atoms with Crippen LogP contribution in [0.5, 0.6) is 0 Å². The Kier molecular flexibility index (Phi) is 11.1. The number of rotatable bonds is 4. The molecule has 0 amide bonds. The Morgan fingerprint density at radius 3 is 0.938 bits per heavy atom. The predicted molar refractivity (Wildman–Crippen MR) is 262 cm³/mol. The Labute approximate surface area is 436 Å². The highest BCUT2D eigenvalue weighted by Gasteiger charge is 2.43. The van der Waals surface area contributed by atoms with Gasteiger partial charge in [-0.2, -0.15) is 4.57 Å². The highest BCUT2D eigenvalue weighted by Crippen LogP contribution is 2.53. The molecule has 5 nitrogen and oxygen atoms in total. The van der Waals surface area contributed by atoms with Crippen LogP contribution in [-0.4, -0.2) is 19.9 Å². The van der Waals surface area contributed by atoms with Gasteiger partial charge in [-0.05, 0) is 28.8 Å². The predicted octanol–water partition coefficient (Wildman–Crippen LogP) is 16.8. The van der Waals surface area contributed by atoms with Crippen LogP contribution in [0.3, 0.4) is 0 Å². The highest BCUT2D eigenvalue weighted by molar-refractivity contribution is 6.20. The molecule has 0 aliphatic carbocycles. The third kappa shape index (κ3) is 6.71. The summed E-state index contributed by atoms with van der Waals surface area (Å²) in [5, 5.41) is -5.26. The maximum absolute atomic E-state index is 17.3. The van der Waals surface area contributed by atoms with E-state index >= 15 is 70.2 Å². The van der Waals surface area contributed by atoms with Crippen molar-refractivity contribution in [1.82, 2.24) is 19.9 Å². The lowest BCUT2D eigenvalue weighted by atomic mass is 9.92. The molecular formula is C59H22F16N5+. The standard InChI is InChI=1S/C59H21F16N5/c60-36-28-30(38(62)46(70)44(36)68)54-26(22-15-7-2-8-16-22)56-32-34(42(66)50(74)48(72)40(32)64)58(78-56)80(24-19-11-4-12-20-24)59-35-33(41(65)49(73)51(75)43(35)67)57(79-59)27(23-17-9-3-10-18-23)55-31-29(37(61)45(69)47(71)39(31)63)53(77-55)25(52(28)76-54)21-13-5-1-6-14-21/h1-20H,(H,76,77,78,79)/p+1. The molecule has 2 N–H and O–H groups in total. The fourth-order valence-corrected chi connectivity index (χ4v) is 10.6. The Morgan fingerprint density at radius 2 is 0.550 bits per heavy atom. The summed E-state index contributed by atoms with van der Waals surface area (Å²) in [7, 11) is 0. The maximum Gasteiger partial charge on any atom is 0.279 e. The second-order valence-corrected chi connectivity index (χ2v) is 18.2. The second kappa shape index (κ2) is 17.9. The van der Waals surface area contributed by atoms with Crippen molar-refractivity contribution in [3.8, 4) is 84.2 Å². The van der Waals surface area contributed by atoms with E-state index in [0.29, 0.717) is 4.57 Å². The first kappa shape index (κ1) is 49.8. The Bertz CT molecular complexity index is 4170. The molecule has 2 aromatic heterocycles. The molecular weight excluding hydrogens is 1080 g/mol. The number of benzene rings is 8. The van der Waals surface area contributed by atoms with E-state index in [9.17, 15) is 0 Å².